The number of benzene rings is 1. The van der Waals surface area contributed by atoms with Crippen LogP contribution in [0, 0.1) is 11.7 Å². The molecule has 2 rings (SSSR count). The Morgan fingerprint density at radius 1 is 1.56 bits per heavy atom. The molecule has 1 heterocycles. The second-order valence-corrected chi connectivity index (χ2v) is 5.74. The van der Waals surface area contributed by atoms with Gasteiger partial charge in [0, 0.05) is 16.8 Å². The number of aliphatic imine (C=N–C) groups is 1. The first-order chi connectivity index (χ1) is 7.65. The van der Waals surface area contributed by atoms with Crippen LogP contribution in [0.25, 0.3) is 0 Å². The molecule has 0 bridgehead atoms. The van der Waals surface area contributed by atoms with Crippen LogP contribution in [0.5, 0.6) is 0 Å². The molecular weight excluding hydrogens is 291 g/mol. The first kappa shape index (κ1) is 11.9. The van der Waals surface area contributed by atoms with Crippen LogP contribution in [0.4, 0.5) is 10.1 Å². The van der Waals surface area contributed by atoms with Gasteiger partial charge in [0.1, 0.15) is 5.82 Å². The van der Waals surface area contributed by atoms with Gasteiger partial charge in [-0.3, -0.25) is 4.99 Å². The molecule has 86 valence electrons. The second-order valence-electron chi connectivity index (χ2n) is 3.81. The van der Waals surface area contributed by atoms with Crippen LogP contribution < -0.4 is 5.32 Å². The minimum atomic E-state index is -0.267. The number of nitrogens with zero attached hydrogens (tertiary/aromatic N) is 1. The Balaban J connectivity index is 2.09. The van der Waals surface area contributed by atoms with E-state index < -0.39 is 0 Å². The van der Waals surface area contributed by atoms with E-state index in [-0.39, 0.29) is 5.82 Å². The third-order valence-electron chi connectivity index (χ3n) is 2.22. The number of thioether (sulfide) groups is 1. The molecule has 1 aromatic rings. The molecule has 0 aliphatic carbocycles. The second kappa shape index (κ2) is 5.19. The summed E-state index contributed by atoms with van der Waals surface area (Å²) >= 11 is 4.87. The van der Waals surface area contributed by atoms with Crippen LogP contribution in [0.15, 0.2) is 27.7 Å². The average molecular weight is 303 g/mol. The fourth-order valence-electron chi connectivity index (χ4n) is 1.34. The van der Waals surface area contributed by atoms with Crippen LogP contribution in [-0.4, -0.2) is 17.5 Å². The zero-order chi connectivity index (χ0) is 11.5. The number of nitrogens with one attached hydrogen (secondary N) is 1. The maximum absolute atomic E-state index is 13.5. The molecule has 1 aliphatic rings. The van der Waals surface area contributed by atoms with E-state index >= 15 is 0 Å². The lowest BCUT2D eigenvalue weighted by Gasteiger charge is -2.18. The zero-order valence-electron chi connectivity index (χ0n) is 8.84. The van der Waals surface area contributed by atoms with Gasteiger partial charge in [0.25, 0.3) is 0 Å². The van der Waals surface area contributed by atoms with Crippen LogP contribution >= 0.6 is 27.7 Å². The molecule has 1 unspecified atom stereocenters. The smallest absolute Gasteiger partial charge is 0.161 e. The van der Waals surface area contributed by atoms with E-state index in [1.807, 2.05) is 6.07 Å². The van der Waals surface area contributed by atoms with Gasteiger partial charge in [-0.2, -0.15) is 0 Å². The molecular formula is C11H12BrFN2S. The first-order valence-corrected chi connectivity index (χ1v) is 6.82. The van der Waals surface area contributed by atoms with E-state index in [1.165, 1.54) is 6.07 Å². The predicted molar refractivity (Wildman–Crippen MR) is 71.6 cm³/mol. The number of halogens is 2. The van der Waals surface area contributed by atoms with Crippen molar-refractivity contribution >= 4 is 38.5 Å². The number of hydrogen-bond donors (Lipinski definition) is 1. The highest BCUT2D eigenvalue weighted by molar-refractivity contribution is 9.10. The molecule has 0 saturated heterocycles. The summed E-state index contributed by atoms with van der Waals surface area (Å²) in [6.45, 7) is 2.97. The first-order valence-electron chi connectivity index (χ1n) is 5.04. The van der Waals surface area contributed by atoms with Crippen molar-refractivity contribution in [3.8, 4) is 0 Å². The molecule has 2 nitrogen and oxygen atoms in total. The number of anilines is 1. The van der Waals surface area contributed by atoms with Crippen LogP contribution in [-0.2, 0) is 0 Å². The maximum Gasteiger partial charge on any atom is 0.161 e. The Labute approximate surface area is 107 Å². The standard InChI is InChI=1S/C11H12BrFN2S/c1-7-5-14-11(16-6-7)15-10-3-2-8(12)4-9(10)13/h2-4,7H,5-6H2,1H3,(H,14,15). The lowest BCUT2D eigenvalue weighted by molar-refractivity contribution is 0.631. The minimum Gasteiger partial charge on any atom is -0.333 e. The summed E-state index contributed by atoms with van der Waals surface area (Å²) in [7, 11) is 0. The summed E-state index contributed by atoms with van der Waals surface area (Å²) in [6, 6.07) is 4.96. The van der Waals surface area contributed by atoms with E-state index in [1.54, 1.807) is 17.8 Å². The fourth-order valence-corrected chi connectivity index (χ4v) is 2.57. The van der Waals surface area contributed by atoms with Crippen molar-refractivity contribution in [3.05, 3.63) is 28.5 Å². The summed E-state index contributed by atoms with van der Waals surface area (Å²) in [5.74, 6) is 1.37. The summed E-state index contributed by atoms with van der Waals surface area (Å²) in [6.07, 6.45) is 0. The number of amidine groups is 1. The van der Waals surface area contributed by atoms with Crippen molar-refractivity contribution in [2.24, 2.45) is 10.9 Å². The predicted octanol–water partition coefficient (Wildman–Crippen LogP) is 3.74. The Morgan fingerprint density at radius 3 is 3.00 bits per heavy atom. The Morgan fingerprint density at radius 2 is 2.38 bits per heavy atom. The molecule has 0 radical (unpaired) electrons. The quantitative estimate of drug-likeness (QED) is 0.854. The molecule has 5 heteroatoms. The molecule has 16 heavy (non-hydrogen) atoms. The van der Waals surface area contributed by atoms with Crippen LogP contribution in [0.3, 0.4) is 0 Å². The highest BCUT2D eigenvalue weighted by Gasteiger charge is 2.13. The van der Waals surface area contributed by atoms with Gasteiger partial charge in [-0.15, -0.1) is 0 Å². The third-order valence-corrected chi connectivity index (χ3v) is 3.96. The molecule has 1 aliphatic heterocycles. The third kappa shape index (κ3) is 2.98. The zero-order valence-corrected chi connectivity index (χ0v) is 11.2. The SMILES string of the molecule is CC1CN=C(Nc2ccc(Br)cc2F)SC1. The average Bonchev–Trinajstić information content (AvgIpc) is 2.25. The molecule has 0 aromatic heterocycles. The topological polar surface area (TPSA) is 24.4 Å². The summed E-state index contributed by atoms with van der Waals surface area (Å²) in [4.78, 5) is 4.36. The van der Waals surface area contributed by atoms with Gasteiger partial charge in [0.15, 0.2) is 5.17 Å². The largest absolute Gasteiger partial charge is 0.333 e. The highest BCUT2D eigenvalue weighted by atomic mass is 79.9. The highest BCUT2D eigenvalue weighted by Crippen LogP contribution is 2.23. The van der Waals surface area contributed by atoms with Gasteiger partial charge in [-0.1, -0.05) is 34.6 Å². The number of rotatable bonds is 1. The fraction of sp³-hybridized carbons (Fsp3) is 0.364. The van der Waals surface area contributed by atoms with Crippen molar-refractivity contribution in [2.75, 3.05) is 17.6 Å². The van der Waals surface area contributed by atoms with Crippen molar-refractivity contribution in [3.63, 3.8) is 0 Å². The molecule has 0 amide bonds. The van der Waals surface area contributed by atoms with Gasteiger partial charge in [0.05, 0.1) is 5.69 Å². The lowest BCUT2D eigenvalue weighted by Crippen LogP contribution is -2.19. The van der Waals surface area contributed by atoms with Gasteiger partial charge in [-0.05, 0) is 24.1 Å². The van der Waals surface area contributed by atoms with Gasteiger partial charge >= 0.3 is 0 Å². The number of hydrogen-bond acceptors (Lipinski definition) is 3. The molecule has 1 aromatic carbocycles. The maximum atomic E-state index is 13.5. The van der Waals surface area contributed by atoms with Gasteiger partial charge in [-0.25, -0.2) is 4.39 Å². The summed E-state index contributed by atoms with van der Waals surface area (Å²) in [5.41, 5.74) is 0.476. The minimum absolute atomic E-state index is 0.267. The van der Waals surface area contributed by atoms with Crippen molar-refractivity contribution in [1.82, 2.24) is 0 Å². The molecule has 1 N–H and O–H groups in total. The van der Waals surface area contributed by atoms with Crippen molar-refractivity contribution < 1.29 is 4.39 Å². The van der Waals surface area contributed by atoms with E-state index in [0.717, 1.165) is 21.9 Å². The Kier molecular flexibility index (Phi) is 3.86. The van der Waals surface area contributed by atoms with Crippen LogP contribution in [0.1, 0.15) is 6.92 Å². The van der Waals surface area contributed by atoms with Gasteiger partial charge < -0.3 is 5.32 Å². The van der Waals surface area contributed by atoms with Crippen molar-refractivity contribution in [1.29, 1.82) is 0 Å². The summed E-state index contributed by atoms with van der Waals surface area (Å²) < 4.78 is 14.3. The van der Waals surface area contributed by atoms with E-state index in [0.29, 0.717) is 11.6 Å². The molecule has 0 saturated carbocycles. The van der Waals surface area contributed by atoms with E-state index in [2.05, 4.69) is 33.2 Å². The van der Waals surface area contributed by atoms with Gasteiger partial charge in [0.2, 0.25) is 0 Å². The van der Waals surface area contributed by atoms with Crippen LogP contribution in [0.2, 0.25) is 0 Å². The Bertz CT molecular complexity index is 422. The molecule has 1 atom stereocenters. The molecule has 0 fully saturated rings. The lowest BCUT2D eigenvalue weighted by atomic mass is 10.2. The van der Waals surface area contributed by atoms with E-state index in [9.17, 15) is 4.39 Å². The Hall–Kier alpha value is -0.550. The van der Waals surface area contributed by atoms with E-state index in [4.69, 9.17) is 0 Å². The monoisotopic (exact) mass is 302 g/mol. The normalized spacial score (nSPS) is 20.4. The summed E-state index contributed by atoms with van der Waals surface area (Å²) in [5, 5.41) is 3.82. The molecule has 0 spiro atoms. The van der Waals surface area contributed by atoms with Crippen molar-refractivity contribution in [2.45, 2.75) is 6.92 Å².